The molecule has 172 valence electrons. The summed E-state index contributed by atoms with van der Waals surface area (Å²) in [5.41, 5.74) is 3.51. The number of rotatable bonds is 8. The van der Waals surface area contributed by atoms with Crippen molar-refractivity contribution in [2.75, 3.05) is 33.4 Å². The number of amides is 1. The van der Waals surface area contributed by atoms with Gasteiger partial charge in [-0.1, -0.05) is 44.2 Å². The van der Waals surface area contributed by atoms with Gasteiger partial charge in [0.1, 0.15) is 0 Å². The fourth-order valence-corrected chi connectivity index (χ4v) is 5.23. The molecule has 2 aliphatic rings. The van der Waals surface area contributed by atoms with Crippen LogP contribution in [0.15, 0.2) is 48.7 Å². The molecule has 1 aliphatic carbocycles. The zero-order chi connectivity index (χ0) is 22.6. The molecule has 6 nitrogen and oxygen atoms in total. The number of nitrogens with one attached hydrogen (secondary N) is 1. The number of hydrogen-bond acceptors (Lipinski definition) is 5. The first kappa shape index (κ1) is 22.9. The molecular formula is C26H35N3O3. The highest BCUT2D eigenvalue weighted by atomic mass is 16.5. The van der Waals surface area contributed by atoms with E-state index in [9.17, 15) is 4.79 Å². The summed E-state index contributed by atoms with van der Waals surface area (Å²) in [6.45, 7) is 7.73. The van der Waals surface area contributed by atoms with Gasteiger partial charge in [0, 0.05) is 31.2 Å². The average Bonchev–Trinajstić information content (AvgIpc) is 3.05. The van der Waals surface area contributed by atoms with E-state index in [1.165, 1.54) is 11.1 Å². The number of carbonyl (C=O) groups is 1. The Kier molecular flexibility index (Phi) is 7.23. The SMILES string of the molecule is COCCO[C@H]1[C@H](NC(=O)C(C)C)c2ccccc2C12CCN(Cc1ccccn1)CC2. The van der Waals surface area contributed by atoms with Gasteiger partial charge in [0.15, 0.2) is 0 Å². The van der Waals surface area contributed by atoms with Gasteiger partial charge in [0.05, 0.1) is 31.1 Å². The normalized spacial score (nSPS) is 22.2. The van der Waals surface area contributed by atoms with Gasteiger partial charge in [-0.3, -0.25) is 14.7 Å². The average molecular weight is 438 g/mol. The number of fused-ring (bicyclic) bond motifs is 2. The molecule has 2 heterocycles. The van der Waals surface area contributed by atoms with Gasteiger partial charge in [0.25, 0.3) is 0 Å². The molecule has 0 saturated carbocycles. The van der Waals surface area contributed by atoms with Crippen molar-refractivity contribution in [2.45, 2.75) is 50.8 Å². The first-order valence-electron chi connectivity index (χ1n) is 11.7. The van der Waals surface area contributed by atoms with Crippen molar-refractivity contribution < 1.29 is 14.3 Å². The summed E-state index contributed by atoms with van der Waals surface area (Å²) in [4.78, 5) is 19.7. The number of nitrogens with zero attached hydrogens (tertiary/aromatic N) is 2. The Morgan fingerprint density at radius 2 is 1.91 bits per heavy atom. The van der Waals surface area contributed by atoms with Crippen LogP contribution in [0.2, 0.25) is 0 Å². The Bertz CT molecular complexity index is 894. The fraction of sp³-hybridized carbons (Fsp3) is 0.538. The van der Waals surface area contributed by atoms with Gasteiger partial charge in [-0.15, -0.1) is 0 Å². The third-order valence-corrected chi connectivity index (χ3v) is 6.95. The lowest BCUT2D eigenvalue weighted by Crippen LogP contribution is -2.51. The van der Waals surface area contributed by atoms with Gasteiger partial charge in [-0.2, -0.15) is 0 Å². The number of ether oxygens (including phenoxy) is 2. The molecule has 0 radical (unpaired) electrons. The summed E-state index contributed by atoms with van der Waals surface area (Å²) in [5, 5.41) is 3.31. The van der Waals surface area contributed by atoms with E-state index < -0.39 is 0 Å². The van der Waals surface area contributed by atoms with E-state index in [1.54, 1.807) is 7.11 Å². The Balaban J connectivity index is 1.59. The molecule has 0 bridgehead atoms. The molecule has 1 amide bonds. The second-order valence-electron chi connectivity index (χ2n) is 9.27. The molecule has 1 N–H and O–H groups in total. The van der Waals surface area contributed by atoms with Gasteiger partial charge in [-0.05, 0) is 49.2 Å². The fourth-order valence-electron chi connectivity index (χ4n) is 5.23. The molecule has 1 aromatic carbocycles. The van der Waals surface area contributed by atoms with Gasteiger partial charge < -0.3 is 14.8 Å². The summed E-state index contributed by atoms with van der Waals surface area (Å²) in [7, 11) is 1.69. The lowest BCUT2D eigenvalue weighted by atomic mass is 9.71. The van der Waals surface area contributed by atoms with Crippen molar-refractivity contribution in [3.8, 4) is 0 Å². The van der Waals surface area contributed by atoms with Gasteiger partial charge >= 0.3 is 0 Å². The Morgan fingerprint density at radius 3 is 2.59 bits per heavy atom. The van der Waals surface area contributed by atoms with E-state index >= 15 is 0 Å². The van der Waals surface area contributed by atoms with E-state index in [0.29, 0.717) is 13.2 Å². The number of pyridine rings is 1. The van der Waals surface area contributed by atoms with Gasteiger partial charge in [0.2, 0.25) is 5.91 Å². The van der Waals surface area contributed by atoms with Crippen LogP contribution in [0.5, 0.6) is 0 Å². The maximum Gasteiger partial charge on any atom is 0.223 e. The second kappa shape index (κ2) is 10.1. The summed E-state index contributed by atoms with van der Waals surface area (Å²) in [6, 6.07) is 14.5. The molecule has 0 unspecified atom stereocenters. The standard InChI is InChI=1S/C26H35N3O3/c1-19(2)25(30)28-23-21-9-4-5-10-22(21)26(24(23)32-17-16-31-3)11-14-29(15-12-26)18-20-8-6-7-13-27-20/h4-10,13,19,23-24H,11-12,14-18H2,1-3H3,(H,28,30)/t23-,24+/m1/s1. The van der Waals surface area contributed by atoms with Crippen LogP contribution in [-0.2, 0) is 26.2 Å². The molecule has 1 aromatic heterocycles. The molecule has 1 fully saturated rings. The summed E-state index contributed by atoms with van der Waals surface area (Å²) in [6.07, 6.45) is 3.73. The van der Waals surface area contributed by atoms with Crippen molar-refractivity contribution in [3.05, 3.63) is 65.5 Å². The van der Waals surface area contributed by atoms with Crippen molar-refractivity contribution in [1.29, 1.82) is 0 Å². The maximum absolute atomic E-state index is 12.7. The molecule has 6 heteroatoms. The second-order valence-corrected chi connectivity index (χ2v) is 9.27. The highest BCUT2D eigenvalue weighted by Gasteiger charge is 2.54. The molecule has 1 saturated heterocycles. The van der Waals surface area contributed by atoms with Crippen LogP contribution in [0.3, 0.4) is 0 Å². The zero-order valence-electron chi connectivity index (χ0n) is 19.4. The van der Waals surface area contributed by atoms with Crippen LogP contribution in [0.25, 0.3) is 0 Å². The summed E-state index contributed by atoms with van der Waals surface area (Å²) < 4.78 is 11.8. The van der Waals surface area contributed by atoms with E-state index in [0.717, 1.165) is 38.2 Å². The first-order valence-corrected chi connectivity index (χ1v) is 11.7. The van der Waals surface area contributed by atoms with Crippen LogP contribution in [0, 0.1) is 5.92 Å². The lowest BCUT2D eigenvalue weighted by Gasteiger charge is -2.44. The minimum atomic E-state index is -0.139. The number of benzene rings is 1. The Labute approximate surface area is 191 Å². The third kappa shape index (κ3) is 4.58. The van der Waals surface area contributed by atoms with Crippen LogP contribution in [0.4, 0.5) is 0 Å². The zero-order valence-corrected chi connectivity index (χ0v) is 19.4. The number of piperidine rings is 1. The molecule has 2 atom stereocenters. The van der Waals surface area contributed by atoms with Crippen LogP contribution < -0.4 is 5.32 Å². The number of methoxy groups -OCH3 is 1. The largest absolute Gasteiger partial charge is 0.382 e. The number of hydrogen-bond donors (Lipinski definition) is 1. The predicted molar refractivity (Wildman–Crippen MR) is 124 cm³/mol. The number of likely N-dealkylation sites (tertiary alicyclic amines) is 1. The minimum Gasteiger partial charge on any atom is -0.382 e. The minimum absolute atomic E-state index is 0.0646. The van der Waals surface area contributed by atoms with Crippen LogP contribution in [0.1, 0.15) is 49.6 Å². The molecule has 2 aromatic rings. The van der Waals surface area contributed by atoms with Crippen molar-refractivity contribution >= 4 is 5.91 Å². The molecular weight excluding hydrogens is 402 g/mol. The molecule has 1 spiro atoms. The van der Waals surface area contributed by atoms with Crippen molar-refractivity contribution in [1.82, 2.24) is 15.2 Å². The molecule has 32 heavy (non-hydrogen) atoms. The quantitative estimate of drug-likeness (QED) is 0.641. The third-order valence-electron chi connectivity index (χ3n) is 6.95. The summed E-state index contributed by atoms with van der Waals surface area (Å²) >= 11 is 0. The topological polar surface area (TPSA) is 63.7 Å². The van der Waals surface area contributed by atoms with E-state index in [4.69, 9.17) is 9.47 Å². The van der Waals surface area contributed by atoms with Gasteiger partial charge in [-0.25, -0.2) is 0 Å². The summed E-state index contributed by atoms with van der Waals surface area (Å²) in [5.74, 6) is -0.00617. The lowest BCUT2D eigenvalue weighted by molar-refractivity contribution is -0.127. The van der Waals surface area contributed by atoms with Crippen molar-refractivity contribution in [3.63, 3.8) is 0 Å². The monoisotopic (exact) mass is 437 g/mol. The molecule has 1 aliphatic heterocycles. The van der Waals surface area contributed by atoms with Crippen LogP contribution >= 0.6 is 0 Å². The van der Waals surface area contributed by atoms with Crippen molar-refractivity contribution in [2.24, 2.45) is 5.92 Å². The Hall–Kier alpha value is -2.28. The smallest absolute Gasteiger partial charge is 0.223 e. The van der Waals surface area contributed by atoms with Crippen LogP contribution in [-0.4, -0.2) is 55.3 Å². The highest BCUT2D eigenvalue weighted by molar-refractivity contribution is 5.78. The van der Waals surface area contributed by atoms with E-state index in [-0.39, 0.29) is 29.4 Å². The number of carbonyl (C=O) groups excluding carboxylic acids is 1. The maximum atomic E-state index is 12.7. The number of aromatic nitrogens is 1. The predicted octanol–water partition coefficient (Wildman–Crippen LogP) is 3.47. The van der Waals surface area contributed by atoms with E-state index in [1.807, 2.05) is 32.2 Å². The van der Waals surface area contributed by atoms with E-state index in [2.05, 4.69) is 45.5 Å². The molecule has 4 rings (SSSR count). The first-order chi connectivity index (χ1) is 15.5. The highest BCUT2D eigenvalue weighted by Crippen LogP contribution is 2.52. The Morgan fingerprint density at radius 1 is 1.16 bits per heavy atom.